The van der Waals surface area contributed by atoms with Crippen molar-refractivity contribution in [1.82, 2.24) is 0 Å². The summed E-state index contributed by atoms with van der Waals surface area (Å²) in [6.07, 6.45) is -0.743. The van der Waals surface area contributed by atoms with E-state index in [4.69, 9.17) is 9.52 Å². The fraction of sp³-hybridized carbons (Fsp3) is 0.444. The summed E-state index contributed by atoms with van der Waals surface area (Å²) in [7, 11) is 0. The number of rotatable bonds is 3. The van der Waals surface area contributed by atoms with Crippen LogP contribution in [-0.4, -0.2) is 16.2 Å². The molecule has 72 valence electrons. The van der Waals surface area contributed by atoms with E-state index in [9.17, 15) is 9.90 Å². The first-order valence-corrected chi connectivity index (χ1v) is 4.03. The Morgan fingerprint density at radius 1 is 1.46 bits per heavy atom. The standard InChI is InChI=1S/C9H12O4/c1-5(2)8(10)6-3-4-7(13-6)9(11)12/h3-5,8,10H,1-2H3,(H,11,12). The summed E-state index contributed by atoms with van der Waals surface area (Å²) in [5, 5.41) is 18.0. The van der Waals surface area contributed by atoms with Crippen molar-refractivity contribution in [3.05, 3.63) is 23.7 Å². The Hall–Kier alpha value is -1.29. The molecule has 4 heteroatoms. The van der Waals surface area contributed by atoms with E-state index in [0.29, 0.717) is 5.76 Å². The van der Waals surface area contributed by atoms with Gasteiger partial charge in [-0.25, -0.2) is 4.79 Å². The minimum Gasteiger partial charge on any atom is -0.475 e. The number of carboxylic acid groups (broad SMARTS) is 1. The Labute approximate surface area is 75.8 Å². The fourth-order valence-electron chi connectivity index (χ4n) is 0.955. The van der Waals surface area contributed by atoms with Gasteiger partial charge in [0.2, 0.25) is 5.76 Å². The molecule has 1 heterocycles. The van der Waals surface area contributed by atoms with E-state index < -0.39 is 12.1 Å². The molecule has 1 atom stereocenters. The third-order valence-electron chi connectivity index (χ3n) is 1.76. The number of aromatic carboxylic acids is 1. The zero-order valence-electron chi connectivity index (χ0n) is 7.52. The van der Waals surface area contributed by atoms with Gasteiger partial charge >= 0.3 is 5.97 Å². The normalized spacial score (nSPS) is 13.2. The molecule has 0 amide bonds. The molecule has 0 radical (unpaired) electrons. The molecule has 4 nitrogen and oxygen atoms in total. The lowest BCUT2D eigenvalue weighted by Gasteiger charge is -2.10. The van der Waals surface area contributed by atoms with E-state index >= 15 is 0 Å². The molecule has 0 saturated heterocycles. The zero-order valence-corrected chi connectivity index (χ0v) is 7.52. The number of furan rings is 1. The van der Waals surface area contributed by atoms with Gasteiger partial charge in [-0.3, -0.25) is 0 Å². The van der Waals surface area contributed by atoms with Gasteiger partial charge in [-0.15, -0.1) is 0 Å². The molecule has 0 spiro atoms. The van der Waals surface area contributed by atoms with Crippen LogP contribution in [0, 0.1) is 5.92 Å². The maximum Gasteiger partial charge on any atom is 0.371 e. The lowest BCUT2D eigenvalue weighted by atomic mass is 10.1. The molecule has 0 saturated carbocycles. The van der Waals surface area contributed by atoms with Crippen LogP contribution in [0.15, 0.2) is 16.5 Å². The van der Waals surface area contributed by atoms with Crippen LogP contribution < -0.4 is 0 Å². The predicted molar refractivity (Wildman–Crippen MR) is 45.5 cm³/mol. The van der Waals surface area contributed by atoms with Gasteiger partial charge in [0.15, 0.2) is 0 Å². The second kappa shape index (κ2) is 3.62. The number of aliphatic hydroxyl groups is 1. The van der Waals surface area contributed by atoms with Crippen LogP contribution in [-0.2, 0) is 0 Å². The SMILES string of the molecule is CC(C)C(O)c1ccc(C(=O)O)o1. The molecular formula is C9H12O4. The predicted octanol–water partition coefficient (Wildman–Crippen LogP) is 1.67. The van der Waals surface area contributed by atoms with Crippen LogP contribution in [0.4, 0.5) is 0 Å². The number of aliphatic hydroxyl groups excluding tert-OH is 1. The molecule has 0 fully saturated rings. The largest absolute Gasteiger partial charge is 0.475 e. The lowest BCUT2D eigenvalue weighted by molar-refractivity contribution is 0.0638. The molecule has 1 aromatic heterocycles. The van der Waals surface area contributed by atoms with Crippen molar-refractivity contribution in [2.24, 2.45) is 5.92 Å². The number of hydrogen-bond donors (Lipinski definition) is 2. The lowest BCUT2D eigenvalue weighted by Crippen LogP contribution is -2.04. The molecule has 0 aliphatic rings. The van der Waals surface area contributed by atoms with Gasteiger partial charge in [-0.05, 0) is 18.1 Å². The third-order valence-corrected chi connectivity index (χ3v) is 1.76. The van der Waals surface area contributed by atoms with Crippen molar-refractivity contribution in [2.45, 2.75) is 20.0 Å². The van der Waals surface area contributed by atoms with Crippen molar-refractivity contribution >= 4 is 5.97 Å². The second-order valence-electron chi connectivity index (χ2n) is 3.20. The first-order valence-electron chi connectivity index (χ1n) is 4.03. The number of carbonyl (C=O) groups is 1. The quantitative estimate of drug-likeness (QED) is 0.749. The third kappa shape index (κ3) is 2.09. The van der Waals surface area contributed by atoms with Crippen LogP contribution in [0.1, 0.15) is 36.3 Å². The average molecular weight is 184 g/mol. The molecule has 2 N–H and O–H groups in total. The average Bonchev–Trinajstić information content (AvgIpc) is 2.50. The Morgan fingerprint density at radius 3 is 2.46 bits per heavy atom. The summed E-state index contributed by atoms with van der Waals surface area (Å²) in [6.45, 7) is 3.65. The topological polar surface area (TPSA) is 70.7 Å². The second-order valence-corrected chi connectivity index (χ2v) is 3.20. The minimum atomic E-state index is -1.12. The maximum absolute atomic E-state index is 10.4. The van der Waals surface area contributed by atoms with Crippen LogP contribution in [0.3, 0.4) is 0 Å². The van der Waals surface area contributed by atoms with E-state index in [-0.39, 0.29) is 11.7 Å². The first-order chi connectivity index (χ1) is 6.02. The van der Waals surface area contributed by atoms with Crippen LogP contribution in [0.25, 0.3) is 0 Å². The van der Waals surface area contributed by atoms with E-state index in [0.717, 1.165) is 0 Å². The van der Waals surface area contributed by atoms with E-state index in [2.05, 4.69) is 0 Å². The monoisotopic (exact) mass is 184 g/mol. The van der Waals surface area contributed by atoms with Gasteiger partial charge in [-0.2, -0.15) is 0 Å². The number of hydrogen-bond acceptors (Lipinski definition) is 3. The van der Waals surface area contributed by atoms with Gasteiger partial charge < -0.3 is 14.6 Å². The molecule has 1 aromatic rings. The first kappa shape index (κ1) is 9.80. The molecule has 1 rings (SSSR count). The minimum absolute atomic E-state index is 0.00722. The summed E-state index contributed by atoms with van der Waals surface area (Å²) >= 11 is 0. The van der Waals surface area contributed by atoms with Gasteiger partial charge in [-0.1, -0.05) is 13.8 Å². The van der Waals surface area contributed by atoms with Crippen molar-refractivity contribution in [3.63, 3.8) is 0 Å². The Balaban J connectivity index is 2.85. The van der Waals surface area contributed by atoms with Gasteiger partial charge in [0.05, 0.1) is 0 Å². The molecule has 0 bridgehead atoms. The van der Waals surface area contributed by atoms with Crippen LogP contribution in [0.5, 0.6) is 0 Å². The molecule has 13 heavy (non-hydrogen) atoms. The van der Waals surface area contributed by atoms with Crippen molar-refractivity contribution in [3.8, 4) is 0 Å². The van der Waals surface area contributed by atoms with E-state index in [1.165, 1.54) is 12.1 Å². The van der Waals surface area contributed by atoms with Gasteiger partial charge in [0.25, 0.3) is 0 Å². The fourth-order valence-corrected chi connectivity index (χ4v) is 0.955. The molecular weight excluding hydrogens is 172 g/mol. The van der Waals surface area contributed by atoms with Crippen LogP contribution in [0.2, 0.25) is 0 Å². The van der Waals surface area contributed by atoms with Gasteiger partial charge in [0.1, 0.15) is 11.9 Å². The smallest absolute Gasteiger partial charge is 0.371 e. The highest BCUT2D eigenvalue weighted by Gasteiger charge is 2.17. The van der Waals surface area contributed by atoms with Crippen LogP contribution >= 0.6 is 0 Å². The summed E-state index contributed by atoms with van der Waals surface area (Å²) in [5.41, 5.74) is 0. The zero-order chi connectivity index (χ0) is 10.0. The highest BCUT2D eigenvalue weighted by molar-refractivity contribution is 5.84. The Bertz CT molecular complexity index is 300. The summed E-state index contributed by atoms with van der Waals surface area (Å²) in [4.78, 5) is 10.4. The molecule has 0 aromatic carbocycles. The summed E-state index contributed by atoms with van der Waals surface area (Å²) < 4.78 is 4.92. The molecule has 0 aliphatic heterocycles. The van der Waals surface area contributed by atoms with Crippen molar-refractivity contribution in [2.75, 3.05) is 0 Å². The number of carboxylic acids is 1. The van der Waals surface area contributed by atoms with E-state index in [1.807, 2.05) is 13.8 Å². The van der Waals surface area contributed by atoms with Crippen molar-refractivity contribution < 1.29 is 19.4 Å². The molecule has 1 unspecified atom stereocenters. The van der Waals surface area contributed by atoms with E-state index in [1.54, 1.807) is 0 Å². The summed E-state index contributed by atoms with van der Waals surface area (Å²) in [6, 6.07) is 2.82. The van der Waals surface area contributed by atoms with Crippen molar-refractivity contribution in [1.29, 1.82) is 0 Å². The Morgan fingerprint density at radius 2 is 2.08 bits per heavy atom. The highest BCUT2D eigenvalue weighted by atomic mass is 16.4. The highest BCUT2D eigenvalue weighted by Crippen LogP contribution is 2.23. The maximum atomic E-state index is 10.4. The summed E-state index contributed by atoms with van der Waals surface area (Å²) in [5.74, 6) is -0.961. The Kier molecular flexibility index (Phi) is 2.72. The van der Waals surface area contributed by atoms with Gasteiger partial charge in [0, 0.05) is 0 Å². The molecule has 0 aliphatic carbocycles.